The highest BCUT2D eigenvalue weighted by Crippen LogP contribution is 2.27. The molecule has 1 heterocycles. The molecular weight excluding hydrogens is 450 g/mol. The van der Waals surface area contributed by atoms with Gasteiger partial charge in [-0.2, -0.15) is 0 Å². The largest absolute Gasteiger partial charge is 0.477 e. The van der Waals surface area contributed by atoms with Crippen LogP contribution in [0.4, 0.5) is 0 Å². The Bertz CT molecular complexity index is 1420. The van der Waals surface area contributed by atoms with Crippen molar-refractivity contribution in [2.24, 2.45) is 5.14 Å². The van der Waals surface area contributed by atoms with Gasteiger partial charge in [0.05, 0.1) is 4.90 Å². The maximum atomic E-state index is 12.3. The van der Waals surface area contributed by atoms with Crippen LogP contribution in [0.3, 0.4) is 0 Å². The van der Waals surface area contributed by atoms with E-state index in [1.807, 2.05) is 60.0 Å². The van der Waals surface area contributed by atoms with Gasteiger partial charge in [-0.1, -0.05) is 60.2 Å². The monoisotopic (exact) mass is 477 g/mol. The summed E-state index contributed by atoms with van der Waals surface area (Å²) < 4.78 is 24.7. The molecule has 4 rings (SSSR count). The molecule has 7 nitrogen and oxygen atoms in total. The Balaban J connectivity index is 1.54. The Morgan fingerprint density at radius 2 is 1.62 bits per heavy atom. The smallest absolute Gasteiger partial charge is 0.352 e. The van der Waals surface area contributed by atoms with Crippen LogP contribution in [-0.4, -0.2) is 30.6 Å². The van der Waals surface area contributed by atoms with Crippen LogP contribution < -0.4 is 10.5 Å². The van der Waals surface area contributed by atoms with E-state index >= 15 is 0 Å². The number of hydrogen-bond donors (Lipinski definition) is 3. The SMILES string of the molecule is Cc1ccc(Cn2c(C(=O)O)c(CNCCc3ccc(S(N)(=O)=O)cc3)c3ccccc32)cc1. The summed E-state index contributed by atoms with van der Waals surface area (Å²) in [4.78, 5) is 12.4. The zero-order chi connectivity index (χ0) is 24.3. The van der Waals surface area contributed by atoms with Crippen molar-refractivity contribution in [2.45, 2.75) is 31.3 Å². The Morgan fingerprint density at radius 1 is 0.971 bits per heavy atom. The molecule has 0 spiro atoms. The van der Waals surface area contributed by atoms with Crippen molar-refractivity contribution in [3.63, 3.8) is 0 Å². The van der Waals surface area contributed by atoms with Crippen LogP contribution in [0.5, 0.6) is 0 Å². The van der Waals surface area contributed by atoms with Gasteiger partial charge in [0.25, 0.3) is 0 Å². The van der Waals surface area contributed by atoms with Crippen LogP contribution in [-0.2, 0) is 29.5 Å². The third-order valence-corrected chi connectivity index (χ3v) is 6.81. The predicted octanol–water partition coefficient (Wildman–Crippen LogP) is 3.68. The van der Waals surface area contributed by atoms with Gasteiger partial charge in [-0.05, 0) is 49.2 Å². The average molecular weight is 478 g/mol. The number of hydrogen-bond acceptors (Lipinski definition) is 4. The number of primary sulfonamides is 1. The zero-order valence-electron chi connectivity index (χ0n) is 18.9. The summed E-state index contributed by atoms with van der Waals surface area (Å²) in [5.74, 6) is -0.960. The molecule has 0 saturated heterocycles. The standard InChI is InChI=1S/C26H27N3O4S/c1-18-6-8-20(9-7-18)17-29-24-5-3-2-4-22(24)23(25(29)26(30)31)16-28-15-14-19-10-12-21(13-11-19)34(27,32)33/h2-13,28H,14-17H2,1H3,(H,30,31)(H2,27,32,33). The summed E-state index contributed by atoms with van der Waals surface area (Å²) in [5, 5.41) is 19.5. The molecule has 4 aromatic rings. The van der Waals surface area contributed by atoms with Gasteiger partial charge in [0.15, 0.2) is 0 Å². The minimum Gasteiger partial charge on any atom is -0.477 e. The molecule has 0 unspecified atom stereocenters. The molecule has 0 saturated carbocycles. The van der Waals surface area contributed by atoms with Gasteiger partial charge in [0.2, 0.25) is 10.0 Å². The number of fused-ring (bicyclic) bond motifs is 1. The fourth-order valence-electron chi connectivity index (χ4n) is 4.13. The lowest BCUT2D eigenvalue weighted by Gasteiger charge is -2.10. The van der Waals surface area contributed by atoms with Gasteiger partial charge in [0.1, 0.15) is 5.69 Å². The highest BCUT2D eigenvalue weighted by molar-refractivity contribution is 7.89. The number of carboxylic acid groups (broad SMARTS) is 1. The Morgan fingerprint density at radius 3 is 2.26 bits per heavy atom. The van der Waals surface area contributed by atoms with Crippen LogP contribution in [0, 0.1) is 6.92 Å². The number of nitrogens with one attached hydrogen (secondary N) is 1. The molecule has 4 N–H and O–H groups in total. The van der Waals surface area contributed by atoms with E-state index in [9.17, 15) is 18.3 Å². The molecule has 176 valence electrons. The van der Waals surface area contributed by atoms with E-state index in [0.29, 0.717) is 26.1 Å². The summed E-state index contributed by atoms with van der Waals surface area (Å²) >= 11 is 0. The van der Waals surface area contributed by atoms with E-state index in [1.165, 1.54) is 12.1 Å². The summed E-state index contributed by atoms with van der Waals surface area (Å²) in [6, 6.07) is 22.3. The average Bonchev–Trinajstić information content (AvgIpc) is 3.11. The lowest BCUT2D eigenvalue weighted by molar-refractivity contribution is 0.0684. The molecule has 3 aromatic carbocycles. The molecule has 0 fully saturated rings. The molecular formula is C26H27N3O4S. The molecule has 0 aliphatic heterocycles. The van der Waals surface area contributed by atoms with Crippen LogP contribution >= 0.6 is 0 Å². The second-order valence-electron chi connectivity index (χ2n) is 8.34. The Hall–Kier alpha value is -3.46. The number of rotatable bonds is 9. The van der Waals surface area contributed by atoms with Crippen molar-refractivity contribution in [1.82, 2.24) is 9.88 Å². The first kappa shape index (κ1) is 23.7. The Labute approximate surface area is 198 Å². The van der Waals surface area contributed by atoms with Gasteiger partial charge in [0, 0.05) is 29.6 Å². The number of carbonyl (C=O) groups is 1. The molecule has 0 bridgehead atoms. The third-order valence-electron chi connectivity index (χ3n) is 5.88. The van der Waals surface area contributed by atoms with E-state index < -0.39 is 16.0 Å². The number of nitrogens with zero attached hydrogens (tertiary/aromatic N) is 1. The zero-order valence-corrected chi connectivity index (χ0v) is 19.7. The van der Waals surface area contributed by atoms with E-state index in [2.05, 4.69) is 5.32 Å². The summed E-state index contributed by atoms with van der Waals surface area (Å²) in [6.45, 7) is 3.50. The topological polar surface area (TPSA) is 114 Å². The minimum absolute atomic E-state index is 0.0803. The highest BCUT2D eigenvalue weighted by atomic mass is 32.2. The van der Waals surface area contributed by atoms with E-state index in [0.717, 1.165) is 33.2 Å². The van der Waals surface area contributed by atoms with Crippen LogP contribution in [0.15, 0.2) is 77.7 Å². The quantitative estimate of drug-likeness (QED) is 0.318. The lowest BCUT2D eigenvalue weighted by atomic mass is 10.1. The third kappa shape index (κ3) is 5.20. The van der Waals surface area contributed by atoms with Gasteiger partial charge < -0.3 is 15.0 Å². The highest BCUT2D eigenvalue weighted by Gasteiger charge is 2.22. The number of sulfonamides is 1. The number of para-hydroxylation sites is 1. The second-order valence-corrected chi connectivity index (χ2v) is 9.90. The lowest BCUT2D eigenvalue weighted by Crippen LogP contribution is -2.19. The summed E-state index contributed by atoms with van der Waals surface area (Å²) in [5.41, 5.74) is 5.07. The van der Waals surface area contributed by atoms with E-state index in [4.69, 9.17) is 5.14 Å². The fraction of sp³-hybridized carbons (Fsp3) is 0.192. The van der Waals surface area contributed by atoms with Crippen molar-refractivity contribution in [3.05, 3.63) is 101 Å². The first-order valence-corrected chi connectivity index (χ1v) is 12.5. The number of benzene rings is 3. The Kier molecular flexibility index (Phi) is 6.83. The molecule has 0 amide bonds. The molecule has 8 heteroatoms. The van der Waals surface area contributed by atoms with E-state index in [1.54, 1.807) is 12.1 Å². The van der Waals surface area contributed by atoms with Crippen LogP contribution in [0.2, 0.25) is 0 Å². The second kappa shape index (κ2) is 9.80. The van der Waals surface area contributed by atoms with Crippen molar-refractivity contribution in [3.8, 4) is 0 Å². The van der Waals surface area contributed by atoms with Gasteiger partial charge in [-0.15, -0.1) is 0 Å². The summed E-state index contributed by atoms with van der Waals surface area (Å²) in [7, 11) is -3.71. The molecule has 1 aromatic heterocycles. The number of nitrogens with two attached hydrogens (primary N) is 1. The molecule has 34 heavy (non-hydrogen) atoms. The van der Waals surface area contributed by atoms with Crippen molar-refractivity contribution in [2.75, 3.05) is 6.54 Å². The molecule has 0 aliphatic rings. The number of aromatic nitrogens is 1. The molecule has 0 aliphatic carbocycles. The van der Waals surface area contributed by atoms with Gasteiger partial charge in [-0.25, -0.2) is 18.4 Å². The van der Waals surface area contributed by atoms with Gasteiger partial charge in [-0.3, -0.25) is 0 Å². The first-order valence-electron chi connectivity index (χ1n) is 11.0. The number of aromatic carboxylic acids is 1. The fourth-order valence-corrected chi connectivity index (χ4v) is 4.65. The first-order chi connectivity index (χ1) is 16.2. The molecule has 0 atom stereocenters. The van der Waals surface area contributed by atoms with Gasteiger partial charge >= 0.3 is 5.97 Å². The summed E-state index contributed by atoms with van der Waals surface area (Å²) in [6.07, 6.45) is 0.662. The van der Waals surface area contributed by atoms with E-state index in [-0.39, 0.29) is 10.6 Å². The maximum absolute atomic E-state index is 12.3. The van der Waals surface area contributed by atoms with Crippen molar-refractivity contribution in [1.29, 1.82) is 0 Å². The molecule has 0 radical (unpaired) electrons. The normalized spacial score (nSPS) is 11.7. The van der Waals surface area contributed by atoms with Crippen LogP contribution in [0.1, 0.15) is 32.7 Å². The minimum atomic E-state index is -3.71. The maximum Gasteiger partial charge on any atom is 0.352 e. The van der Waals surface area contributed by atoms with Crippen molar-refractivity contribution < 1.29 is 18.3 Å². The van der Waals surface area contributed by atoms with Crippen LogP contribution in [0.25, 0.3) is 10.9 Å². The van der Waals surface area contributed by atoms with Crippen molar-refractivity contribution >= 4 is 26.9 Å². The number of carboxylic acids is 1. The number of aryl methyl sites for hydroxylation is 1. The predicted molar refractivity (Wildman–Crippen MR) is 132 cm³/mol.